The van der Waals surface area contributed by atoms with Crippen LogP contribution in [-0.4, -0.2) is 35.3 Å². The zero-order valence-electron chi connectivity index (χ0n) is 10.2. The largest absolute Gasteiger partial charge is 0.409 e. The van der Waals surface area contributed by atoms with E-state index in [1.54, 1.807) is 0 Å². The molecule has 0 saturated carbocycles. The van der Waals surface area contributed by atoms with Crippen molar-refractivity contribution < 1.29 is 10.3 Å². The number of hydrogen-bond acceptors (Lipinski definition) is 4. The number of nitrogens with two attached hydrogens (primary N) is 1. The minimum absolute atomic E-state index is 0.277. The van der Waals surface area contributed by atoms with E-state index in [1.165, 1.54) is 0 Å². The van der Waals surface area contributed by atoms with Crippen molar-refractivity contribution in [3.63, 3.8) is 0 Å². The number of nitrogens with one attached hydrogen (secondary N) is 1. The quantitative estimate of drug-likeness (QED) is 0.149. The summed E-state index contributed by atoms with van der Waals surface area (Å²) in [6.45, 7) is 3.31. The average molecular weight is 231 g/mol. The molecule has 0 aliphatic carbocycles. The summed E-state index contributed by atoms with van der Waals surface area (Å²) in [5, 5.41) is 23.4. The number of unbranched alkanes of at least 4 members (excludes halogenated alkanes) is 3. The van der Waals surface area contributed by atoms with Crippen LogP contribution in [0.1, 0.15) is 45.4 Å². The van der Waals surface area contributed by atoms with Gasteiger partial charge in [0.25, 0.3) is 0 Å². The molecule has 16 heavy (non-hydrogen) atoms. The molecule has 5 N–H and O–H groups in total. The van der Waals surface area contributed by atoms with E-state index >= 15 is 0 Å². The van der Waals surface area contributed by atoms with Gasteiger partial charge in [0.15, 0.2) is 0 Å². The highest BCUT2D eigenvalue weighted by Gasteiger charge is 2.07. The number of aliphatic hydroxyl groups excluding tert-OH is 1. The molecule has 0 aliphatic heterocycles. The van der Waals surface area contributed by atoms with Gasteiger partial charge in [-0.15, -0.1) is 0 Å². The maximum atomic E-state index is 8.61. The fourth-order valence-corrected chi connectivity index (χ4v) is 1.55. The van der Waals surface area contributed by atoms with E-state index in [0.717, 1.165) is 38.6 Å². The van der Waals surface area contributed by atoms with E-state index in [4.69, 9.17) is 16.0 Å². The van der Waals surface area contributed by atoms with Gasteiger partial charge in [0.2, 0.25) is 0 Å². The Morgan fingerprint density at radius 2 is 2.00 bits per heavy atom. The number of oxime groups is 1. The summed E-state index contributed by atoms with van der Waals surface area (Å²) in [4.78, 5) is 0. The topological polar surface area (TPSA) is 90.9 Å². The van der Waals surface area contributed by atoms with Crippen molar-refractivity contribution in [3.8, 4) is 0 Å². The molecule has 0 amide bonds. The summed E-state index contributed by atoms with van der Waals surface area (Å²) >= 11 is 0. The second-order valence-corrected chi connectivity index (χ2v) is 3.99. The number of amidine groups is 1. The van der Waals surface area contributed by atoms with Gasteiger partial charge >= 0.3 is 0 Å². The Hall–Kier alpha value is -0.810. The maximum Gasteiger partial charge on any atom is 0.140 e. The van der Waals surface area contributed by atoms with E-state index in [0.29, 0.717) is 6.42 Å². The molecule has 0 saturated heterocycles. The predicted octanol–water partition coefficient (Wildman–Crippen LogP) is 1.04. The van der Waals surface area contributed by atoms with E-state index in [9.17, 15) is 0 Å². The molecule has 5 nitrogen and oxygen atoms in total. The lowest BCUT2D eigenvalue weighted by molar-refractivity contribution is 0.282. The summed E-state index contributed by atoms with van der Waals surface area (Å²) in [7, 11) is 0. The Morgan fingerprint density at radius 1 is 1.31 bits per heavy atom. The van der Waals surface area contributed by atoms with E-state index in [1.807, 2.05) is 0 Å². The van der Waals surface area contributed by atoms with Gasteiger partial charge in [-0.25, -0.2) is 0 Å². The zero-order valence-corrected chi connectivity index (χ0v) is 10.2. The fraction of sp³-hybridized carbons (Fsp3) is 0.909. The molecule has 96 valence electrons. The molecule has 0 radical (unpaired) electrons. The van der Waals surface area contributed by atoms with Gasteiger partial charge in [-0.1, -0.05) is 24.9 Å². The highest BCUT2D eigenvalue weighted by atomic mass is 16.4. The minimum Gasteiger partial charge on any atom is -0.409 e. The highest BCUT2D eigenvalue weighted by molar-refractivity contribution is 5.80. The lowest BCUT2D eigenvalue weighted by atomic mass is 10.1. The average Bonchev–Trinajstić information content (AvgIpc) is 2.31. The lowest BCUT2D eigenvalue weighted by Gasteiger charge is -2.15. The van der Waals surface area contributed by atoms with Gasteiger partial charge in [-0.2, -0.15) is 0 Å². The molecule has 1 atom stereocenters. The number of rotatable bonds is 10. The Bertz CT molecular complexity index is 186. The van der Waals surface area contributed by atoms with Crippen LogP contribution in [0.2, 0.25) is 0 Å². The van der Waals surface area contributed by atoms with E-state index < -0.39 is 0 Å². The van der Waals surface area contributed by atoms with Crippen LogP contribution in [-0.2, 0) is 0 Å². The summed E-state index contributed by atoms with van der Waals surface area (Å²) in [6.07, 6.45) is 5.76. The minimum atomic E-state index is 0.277. The maximum absolute atomic E-state index is 8.61. The summed E-state index contributed by atoms with van der Waals surface area (Å²) < 4.78 is 0. The van der Waals surface area contributed by atoms with Gasteiger partial charge in [-0.05, 0) is 25.8 Å². The third kappa shape index (κ3) is 8.49. The summed E-state index contributed by atoms with van der Waals surface area (Å²) in [5.74, 6) is 0.277. The smallest absolute Gasteiger partial charge is 0.140 e. The Morgan fingerprint density at radius 3 is 2.56 bits per heavy atom. The second-order valence-electron chi connectivity index (χ2n) is 3.99. The molecule has 1 unspecified atom stereocenters. The first kappa shape index (κ1) is 15.2. The van der Waals surface area contributed by atoms with Crippen molar-refractivity contribution in [1.82, 2.24) is 5.32 Å². The van der Waals surface area contributed by atoms with Gasteiger partial charge in [-0.3, -0.25) is 0 Å². The first-order valence-electron chi connectivity index (χ1n) is 6.05. The molecule has 0 rings (SSSR count). The number of hydrogen-bond donors (Lipinski definition) is 4. The zero-order chi connectivity index (χ0) is 12.2. The standard InChI is InChI=1S/C11H25N3O2/c1-2-10(9-11(12)14-16)13-7-5-3-4-6-8-15/h10,13,15-16H,2-9H2,1H3,(H2,12,14). The second kappa shape index (κ2) is 10.7. The molecule has 0 bridgehead atoms. The van der Waals surface area contributed by atoms with Gasteiger partial charge in [0, 0.05) is 19.1 Å². The normalized spacial score (nSPS) is 14.0. The lowest BCUT2D eigenvalue weighted by Crippen LogP contribution is -2.33. The molecule has 0 heterocycles. The molecule has 5 heteroatoms. The Labute approximate surface area is 97.7 Å². The molecular weight excluding hydrogens is 206 g/mol. The fourth-order valence-electron chi connectivity index (χ4n) is 1.55. The van der Waals surface area contributed by atoms with E-state index in [-0.39, 0.29) is 18.5 Å². The van der Waals surface area contributed by atoms with Crippen molar-refractivity contribution in [2.45, 2.75) is 51.5 Å². The van der Waals surface area contributed by atoms with Crippen LogP contribution in [0.5, 0.6) is 0 Å². The van der Waals surface area contributed by atoms with Crippen molar-refractivity contribution in [2.75, 3.05) is 13.2 Å². The molecule has 0 aromatic carbocycles. The SMILES string of the molecule is CCC(CC(N)=NO)NCCCCCCO. The molecule has 0 fully saturated rings. The molecule has 0 aromatic rings. The van der Waals surface area contributed by atoms with Crippen molar-refractivity contribution in [2.24, 2.45) is 10.9 Å². The number of aliphatic hydroxyl groups is 1. The predicted molar refractivity (Wildman–Crippen MR) is 65.7 cm³/mol. The van der Waals surface area contributed by atoms with Gasteiger partial charge in [0.1, 0.15) is 5.84 Å². The Balaban J connectivity index is 3.48. The number of nitrogens with zero attached hydrogens (tertiary/aromatic N) is 1. The molecule has 0 spiro atoms. The molecule has 0 aliphatic rings. The first-order valence-corrected chi connectivity index (χ1v) is 6.05. The third-order valence-electron chi connectivity index (χ3n) is 2.59. The first-order chi connectivity index (χ1) is 7.74. The van der Waals surface area contributed by atoms with Gasteiger partial charge < -0.3 is 21.4 Å². The van der Waals surface area contributed by atoms with Crippen LogP contribution in [0.25, 0.3) is 0 Å². The van der Waals surface area contributed by atoms with Crippen molar-refractivity contribution in [1.29, 1.82) is 0 Å². The Kier molecular flexibility index (Phi) is 10.2. The monoisotopic (exact) mass is 231 g/mol. The van der Waals surface area contributed by atoms with Crippen LogP contribution in [0, 0.1) is 0 Å². The van der Waals surface area contributed by atoms with Crippen molar-refractivity contribution >= 4 is 5.84 Å². The van der Waals surface area contributed by atoms with Crippen LogP contribution < -0.4 is 11.1 Å². The van der Waals surface area contributed by atoms with Crippen molar-refractivity contribution in [3.05, 3.63) is 0 Å². The van der Waals surface area contributed by atoms with Gasteiger partial charge in [0.05, 0.1) is 0 Å². The highest BCUT2D eigenvalue weighted by Crippen LogP contribution is 2.01. The third-order valence-corrected chi connectivity index (χ3v) is 2.59. The van der Waals surface area contributed by atoms with Crippen LogP contribution in [0.15, 0.2) is 5.16 Å². The van der Waals surface area contributed by atoms with Crippen LogP contribution >= 0.6 is 0 Å². The summed E-state index contributed by atoms with van der Waals surface area (Å²) in [5.41, 5.74) is 5.45. The summed E-state index contributed by atoms with van der Waals surface area (Å²) in [6, 6.07) is 0.286. The molecular formula is C11H25N3O2. The molecule has 0 aromatic heterocycles. The van der Waals surface area contributed by atoms with Crippen LogP contribution in [0.4, 0.5) is 0 Å². The van der Waals surface area contributed by atoms with Crippen LogP contribution in [0.3, 0.4) is 0 Å². The van der Waals surface area contributed by atoms with E-state index in [2.05, 4.69) is 17.4 Å².